The normalized spacial score (nSPS) is 33.6. The first-order valence-electron chi connectivity index (χ1n) is 8.13. The third kappa shape index (κ3) is 3.70. The highest BCUT2D eigenvalue weighted by atomic mass is 15.1. The lowest BCUT2D eigenvalue weighted by Crippen LogP contribution is -2.46. The fourth-order valence-corrected chi connectivity index (χ4v) is 3.88. The second kappa shape index (κ2) is 7.26. The largest absolute Gasteiger partial charge is 0.303 e. The van der Waals surface area contributed by atoms with Crippen LogP contribution >= 0.6 is 0 Å². The molecule has 0 bridgehead atoms. The molecule has 19 heavy (non-hydrogen) atoms. The molecule has 1 aliphatic heterocycles. The Morgan fingerprint density at radius 1 is 1.16 bits per heavy atom. The molecular weight excluding hydrogens is 234 g/mol. The first-order chi connectivity index (χ1) is 9.30. The summed E-state index contributed by atoms with van der Waals surface area (Å²) >= 11 is 0. The molecule has 2 atom stereocenters. The molecule has 1 saturated carbocycles. The van der Waals surface area contributed by atoms with Crippen LogP contribution in [0.1, 0.15) is 57.8 Å². The molecule has 108 valence electrons. The van der Waals surface area contributed by atoms with E-state index in [1.807, 2.05) is 7.05 Å². The molecule has 3 nitrogen and oxygen atoms in total. The molecule has 0 aromatic rings. The molecule has 1 N–H and O–H groups in total. The first kappa shape index (κ1) is 14.8. The number of rotatable bonds is 4. The van der Waals surface area contributed by atoms with Gasteiger partial charge in [-0.1, -0.05) is 25.7 Å². The molecule has 1 saturated heterocycles. The van der Waals surface area contributed by atoms with Gasteiger partial charge in [-0.05, 0) is 64.7 Å². The van der Waals surface area contributed by atoms with Gasteiger partial charge in [0, 0.05) is 0 Å². The van der Waals surface area contributed by atoms with Crippen molar-refractivity contribution in [3.05, 3.63) is 0 Å². The van der Waals surface area contributed by atoms with Crippen LogP contribution in [-0.4, -0.2) is 37.1 Å². The second-order valence-electron chi connectivity index (χ2n) is 6.32. The average molecular weight is 263 g/mol. The second-order valence-corrected chi connectivity index (χ2v) is 6.32. The van der Waals surface area contributed by atoms with Crippen molar-refractivity contribution in [1.29, 1.82) is 5.26 Å². The Hall–Kier alpha value is -0.590. The maximum Gasteiger partial charge on any atom is 0.109 e. The van der Waals surface area contributed by atoms with Crippen LogP contribution in [0.5, 0.6) is 0 Å². The number of nitrogens with one attached hydrogen (secondary N) is 1. The van der Waals surface area contributed by atoms with E-state index in [2.05, 4.69) is 16.3 Å². The standard InChI is InChI=1S/C16H29N3/c1-18-16(14-17)10-7-8-15(16)9-13-19-11-5-3-2-4-6-12-19/h15,18H,2-13H2,1H3. The summed E-state index contributed by atoms with van der Waals surface area (Å²) < 4.78 is 0. The molecule has 2 fully saturated rings. The van der Waals surface area contributed by atoms with E-state index < -0.39 is 0 Å². The van der Waals surface area contributed by atoms with Gasteiger partial charge in [-0.15, -0.1) is 0 Å². The Bertz CT molecular complexity index is 302. The summed E-state index contributed by atoms with van der Waals surface area (Å²) in [6, 6.07) is 2.56. The van der Waals surface area contributed by atoms with Gasteiger partial charge >= 0.3 is 0 Å². The quantitative estimate of drug-likeness (QED) is 0.847. The Balaban J connectivity index is 1.82. The third-order valence-electron chi connectivity index (χ3n) is 5.21. The van der Waals surface area contributed by atoms with Gasteiger partial charge in [0.1, 0.15) is 5.54 Å². The van der Waals surface area contributed by atoms with Gasteiger partial charge in [-0.3, -0.25) is 0 Å². The lowest BCUT2D eigenvalue weighted by molar-refractivity contribution is 0.211. The SMILES string of the molecule is CNC1(C#N)CCCC1CCN1CCCCCCC1. The highest BCUT2D eigenvalue weighted by molar-refractivity contribution is 5.13. The number of hydrogen-bond acceptors (Lipinski definition) is 3. The van der Waals surface area contributed by atoms with E-state index >= 15 is 0 Å². The fourth-order valence-electron chi connectivity index (χ4n) is 3.88. The van der Waals surface area contributed by atoms with Crippen LogP contribution in [0.4, 0.5) is 0 Å². The smallest absolute Gasteiger partial charge is 0.109 e. The Morgan fingerprint density at radius 2 is 1.84 bits per heavy atom. The molecular formula is C16H29N3. The number of likely N-dealkylation sites (tertiary alicyclic amines) is 1. The highest BCUT2D eigenvalue weighted by Gasteiger charge is 2.41. The molecule has 2 aliphatic rings. The Labute approximate surface area is 118 Å². The van der Waals surface area contributed by atoms with Crippen LogP contribution in [0, 0.1) is 17.2 Å². The summed E-state index contributed by atoms with van der Waals surface area (Å²) in [6.45, 7) is 3.73. The minimum atomic E-state index is -0.233. The maximum absolute atomic E-state index is 9.48. The zero-order chi connectivity index (χ0) is 13.6. The zero-order valence-corrected chi connectivity index (χ0v) is 12.5. The van der Waals surface area contributed by atoms with Gasteiger partial charge in [-0.2, -0.15) is 5.26 Å². The van der Waals surface area contributed by atoms with Crippen molar-refractivity contribution in [2.24, 2.45) is 5.92 Å². The number of nitriles is 1. The average Bonchev–Trinajstić information content (AvgIpc) is 2.81. The third-order valence-corrected chi connectivity index (χ3v) is 5.21. The molecule has 2 unspecified atom stereocenters. The van der Waals surface area contributed by atoms with Crippen molar-refractivity contribution in [3.63, 3.8) is 0 Å². The lowest BCUT2D eigenvalue weighted by Gasteiger charge is -2.31. The Morgan fingerprint density at radius 3 is 2.47 bits per heavy atom. The molecule has 0 aromatic heterocycles. The summed E-state index contributed by atoms with van der Waals surface area (Å²) in [5.74, 6) is 0.549. The van der Waals surface area contributed by atoms with Crippen LogP contribution < -0.4 is 5.32 Å². The van der Waals surface area contributed by atoms with Gasteiger partial charge in [0.25, 0.3) is 0 Å². The van der Waals surface area contributed by atoms with Crippen molar-refractivity contribution in [2.75, 3.05) is 26.7 Å². The zero-order valence-electron chi connectivity index (χ0n) is 12.5. The summed E-state index contributed by atoms with van der Waals surface area (Å²) in [6.07, 6.45) is 11.6. The molecule has 0 aromatic carbocycles. The summed E-state index contributed by atoms with van der Waals surface area (Å²) in [5, 5.41) is 12.8. The summed E-state index contributed by atoms with van der Waals surface area (Å²) in [5.41, 5.74) is -0.233. The van der Waals surface area contributed by atoms with Crippen molar-refractivity contribution in [1.82, 2.24) is 10.2 Å². The van der Waals surface area contributed by atoms with Crippen molar-refractivity contribution >= 4 is 0 Å². The van der Waals surface area contributed by atoms with Gasteiger partial charge in [0.15, 0.2) is 0 Å². The Kier molecular flexibility index (Phi) is 5.66. The monoisotopic (exact) mass is 263 g/mol. The van der Waals surface area contributed by atoms with Crippen LogP contribution in [0.25, 0.3) is 0 Å². The number of nitrogens with zero attached hydrogens (tertiary/aromatic N) is 2. The lowest BCUT2D eigenvalue weighted by atomic mass is 9.86. The van der Waals surface area contributed by atoms with Crippen LogP contribution in [0.3, 0.4) is 0 Å². The van der Waals surface area contributed by atoms with Crippen molar-refractivity contribution < 1.29 is 0 Å². The van der Waals surface area contributed by atoms with Crippen LogP contribution in [-0.2, 0) is 0 Å². The summed E-state index contributed by atoms with van der Waals surface area (Å²) in [7, 11) is 1.96. The van der Waals surface area contributed by atoms with Crippen molar-refractivity contribution in [3.8, 4) is 6.07 Å². The van der Waals surface area contributed by atoms with E-state index in [0.717, 1.165) is 6.42 Å². The van der Waals surface area contributed by atoms with E-state index in [0.29, 0.717) is 5.92 Å². The predicted molar refractivity (Wildman–Crippen MR) is 78.9 cm³/mol. The molecule has 1 heterocycles. The number of hydrogen-bond donors (Lipinski definition) is 1. The fraction of sp³-hybridized carbons (Fsp3) is 0.938. The van der Waals surface area contributed by atoms with Gasteiger partial charge in [0.2, 0.25) is 0 Å². The van der Waals surface area contributed by atoms with Crippen molar-refractivity contribution in [2.45, 2.75) is 63.3 Å². The summed E-state index contributed by atoms with van der Waals surface area (Å²) in [4.78, 5) is 2.63. The predicted octanol–water partition coefficient (Wildman–Crippen LogP) is 2.92. The molecule has 0 radical (unpaired) electrons. The van der Waals surface area contributed by atoms with Crippen LogP contribution in [0.15, 0.2) is 0 Å². The van der Waals surface area contributed by atoms with Gasteiger partial charge in [-0.25, -0.2) is 0 Å². The van der Waals surface area contributed by atoms with Gasteiger partial charge < -0.3 is 10.2 Å². The molecule has 2 rings (SSSR count). The molecule has 3 heteroatoms. The maximum atomic E-state index is 9.48. The first-order valence-corrected chi connectivity index (χ1v) is 8.13. The minimum absolute atomic E-state index is 0.233. The molecule has 0 amide bonds. The highest BCUT2D eigenvalue weighted by Crippen LogP contribution is 2.37. The minimum Gasteiger partial charge on any atom is -0.303 e. The van der Waals surface area contributed by atoms with E-state index in [9.17, 15) is 5.26 Å². The van der Waals surface area contributed by atoms with E-state index in [4.69, 9.17) is 0 Å². The van der Waals surface area contributed by atoms with Gasteiger partial charge in [0.05, 0.1) is 6.07 Å². The molecule has 0 spiro atoms. The van der Waals surface area contributed by atoms with Crippen LogP contribution in [0.2, 0.25) is 0 Å². The van der Waals surface area contributed by atoms with E-state index in [-0.39, 0.29) is 5.54 Å². The molecule has 1 aliphatic carbocycles. The van der Waals surface area contributed by atoms with E-state index in [1.54, 1.807) is 0 Å². The van der Waals surface area contributed by atoms with E-state index in [1.165, 1.54) is 71.0 Å². The topological polar surface area (TPSA) is 39.1 Å².